The molecule has 0 saturated carbocycles. The summed E-state index contributed by atoms with van der Waals surface area (Å²) in [5.74, 6) is -9.89. The minimum atomic E-state index is -2.54. The smallest absolute Gasteiger partial charge is 0.332 e. The highest BCUT2D eigenvalue weighted by Gasteiger charge is 2.58. The highest BCUT2D eigenvalue weighted by Crippen LogP contribution is 2.42. The second-order valence-electron chi connectivity index (χ2n) is 20.5. The van der Waals surface area contributed by atoms with Gasteiger partial charge >= 0.3 is 5.97 Å². The zero-order valence-electron chi connectivity index (χ0n) is 40.3. The van der Waals surface area contributed by atoms with Gasteiger partial charge in [-0.05, 0) is 88.9 Å². The molecular weight excluding hydrogens is 865 g/mol. The third kappa shape index (κ3) is 10.7. The van der Waals surface area contributed by atoms with Crippen molar-refractivity contribution in [2.45, 2.75) is 186 Å². The summed E-state index contributed by atoms with van der Waals surface area (Å²) in [5, 5.41) is 77.2. The van der Waals surface area contributed by atoms with E-state index in [0.29, 0.717) is 31.6 Å². The number of carbonyl (C=O) groups is 6. The number of hydrogen-bond donors (Lipinski definition) is 8. The van der Waals surface area contributed by atoms with Gasteiger partial charge in [0.1, 0.15) is 43.0 Å². The normalized spacial score (nSPS) is 35.7. The summed E-state index contributed by atoms with van der Waals surface area (Å²) in [6.07, 6.45) is -1.96. The topological polar surface area (TPSA) is 286 Å². The van der Waals surface area contributed by atoms with E-state index in [4.69, 9.17) is 9.47 Å². The molecule has 5 fully saturated rings. The number of carbonyl (C=O) groups excluding carboxylic acids is 6. The number of nitrogens with zero attached hydrogens (tertiary/aromatic N) is 6. The summed E-state index contributed by atoms with van der Waals surface area (Å²) in [6.45, 7) is 13.9. The number of aliphatic hydroxyl groups excluding tert-OH is 1. The van der Waals surface area contributed by atoms with Gasteiger partial charge in [0.2, 0.25) is 5.91 Å². The molecule has 376 valence electrons. The second-order valence-corrected chi connectivity index (χ2v) is 20.5. The van der Waals surface area contributed by atoms with Crippen LogP contribution in [0.2, 0.25) is 0 Å². The third-order valence-corrected chi connectivity index (χ3v) is 14.2. The molecule has 12 unspecified atom stereocenters. The van der Waals surface area contributed by atoms with E-state index in [1.54, 1.807) is 13.8 Å². The Labute approximate surface area is 387 Å². The number of hydrazine groups is 2. The molecule has 0 aliphatic carbocycles. The van der Waals surface area contributed by atoms with Gasteiger partial charge in [-0.25, -0.2) is 25.4 Å². The van der Waals surface area contributed by atoms with Crippen molar-refractivity contribution in [1.82, 2.24) is 40.8 Å². The maximum atomic E-state index is 15.3. The van der Waals surface area contributed by atoms with E-state index in [1.807, 2.05) is 6.92 Å². The van der Waals surface area contributed by atoms with Gasteiger partial charge in [0.25, 0.3) is 23.6 Å². The first-order valence-corrected chi connectivity index (χ1v) is 23.6. The van der Waals surface area contributed by atoms with Gasteiger partial charge < -0.3 is 34.8 Å². The number of ether oxygens (including phenoxy) is 2. The van der Waals surface area contributed by atoms with Crippen molar-refractivity contribution < 1.29 is 69.1 Å². The Balaban J connectivity index is 1.62. The number of hydroxylamine groups is 4. The second kappa shape index (κ2) is 21.0. The Morgan fingerprint density at radius 3 is 2.14 bits per heavy atom. The number of rotatable bonds is 9. The van der Waals surface area contributed by atoms with Crippen molar-refractivity contribution in [3.63, 3.8) is 0 Å². The monoisotopic (exact) mass is 941 g/mol. The zero-order chi connectivity index (χ0) is 49.4. The Morgan fingerprint density at radius 1 is 0.879 bits per heavy atom. The summed E-state index contributed by atoms with van der Waals surface area (Å²) in [4.78, 5) is 87.9. The zero-order valence-corrected chi connectivity index (χ0v) is 40.3. The molecule has 66 heavy (non-hydrogen) atoms. The Bertz CT molecular complexity index is 1780. The first kappa shape index (κ1) is 53.4. The number of esters is 1. The van der Waals surface area contributed by atoms with Gasteiger partial charge in [0.15, 0.2) is 17.4 Å². The standard InChI is InChI=1S/C44H76N8O14/c1-11-30-27(22-24(2)3)16-17-44(62,66-30)43(9,61)41(59)46-32-34(26(6)7)65-40(58)33(25(4)5)52(64)39(57)35-42(8,60)18-21-48(35)36(54)28-14-12-19-45-50(28)31(53)23-49(63)37(55)29-15-13-20-47(10)51(29)38(32)56/h24-30,32-35,41,45-46,59-64H,11-23H2,1-10H3. The van der Waals surface area contributed by atoms with Crippen molar-refractivity contribution in [2.24, 2.45) is 23.7 Å². The predicted octanol–water partition coefficient (Wildman–Crippen LogP) is -0.319. The van der Waals surface area contributed by atoms with E-state index in [0.717, 1.165) is 28.3 Å². The predicted molar refractivity (Wildman–Crippen MR) is 232 cm³/mol. The summed E-state index contributed by atoms with van der Waals surface area (Å²) >= 11 is 0. The first-order valence-electron chi connectivity index (χ1n) is 23.6. The van der Waals surface area contributed by atoms with Crippen LogP contribution in [-0.4, -0.2) is 195 Å². The number of fused-ring (bicyclic) bond motifs is 3. The quantitative estimate of drug-likeness (QED) is 0.0836. The SMILES string of the molecule is CCC1OC(O)(C(C)(O)C(O)NC2C(=O)N3C(CCCN3C)C(=O)N(O)CC(=O)N3NCCCC3C(=O)N3CCC(C)(O)C3C(=O)N(O)C(C(C)C)C(=O)OC2C(C)C)CCC1CC(C)C. The fraction of sp³-hybridized carbons (Fsp3) is 0.864. The summed E-state index contributed by atoms with van der Waals surface area (Å²) in [7, 11) is 1.50. The van der Waals surface area contributed by atoms with E-state index in [1.165, 1.54) is 32.8 Å². The van der Waals surface area contributed by atoms with Crippen LogP contribution in [0.1, 0.15) is 120 Å². The lowest BCUT2D eigenvalue weighted by atomic mass is 9.78. The number of amides is 5. The first-order chi connectivity index (χ1) is 30.7. The highest BCUT2D eigenvalue weighted by atomic mass is 16.7. The number of nitrogens with one attached hydrogen (secondary N) is 2. The lowest BCUT2D eigenvalue weighted by Gasteiger charge is -2.51. The molecule has 5 saturated heterocycles. The van der Waals surface area contributed by atoms with Crippen molar-refractivity contribution in [1.29, 1.82) is 0 Å². The van der Waals surface area contributed by atoms with Gasteiger partial charge in [-0.15, -0.1) is 0 Å². The van der Waals surface area contributed by atoms with Gasteiger partial charge in [-0.2, -0.15) is 0 Å². The fourth-order valence-electron chi connectivity index (χ4n) is 10.3. The minimum absolute atomic E-state index is 0.0147. The molecule has 22 nitrogen and oxygen atoms in total. The molecule has 5 amide bonds. The largest absolute Gasteiger partial charge is 0.458 e. The van der Waals surface area contributed by atoms with Crippen LogP contribution >= 0.6 is 0 Å². The van der Waals surface area contributed by atoms with E-state index in [9.17, 15) is 54.8 Å². The average Bonchev–Trinajstić information content (AvgIpc) is 3.57. The van der Waals surface area contributed by atoms with Gasteiger partial charge in [-0.3, -0.25) is 49.7 Å². The van der Waals surface area contributed by atoms with E-state index >= 15 is 4.79 Å². The molecule has 0 aromatic carbocycles. The summed E-state index contributed by atoms with van der Waals surface area (Å²) in [6, 6.07) is -8.15. The Hall–Kier alpha value is -3.58. The van der Waals surface area contributed by atoms with Crippen LogP contribution in [0.15, 0.2) is 0 Å². The highest BCUT2D eigenvalue weighted by molar-refractivity contribution is 5.96. The van der Waals surface area contributed by atoms with Crippen LogP contribution in [-0.2, 0) is 38.2 Å². The Morgan fingerprint density at radius 2 is 1.53 bits per heavy atom. The molecule has 22 heteroatoms. The van der Waals surface area contributed by atoms with Crippen molar-refractivity contribution in [3.8, 4) is 0 Å². The molecular formula is C44H76N8O14. The fourth-order valence-corrected chi connectivity index (χ4v) is 10.3. The molecule has 8 N–H and O–H groups in total. The van der Waals surface area contributed by atoms with Crippen molar-refractivity contribution >= 4 is 35.5 Å². The molecule has 0 radical (unpaired) electrons. The molecule has 5 rings (SSSR count). The van der Waals surface area contributed by atoms with E-state index in [-0.39, 0.29) is 61.4 Å². The van der Waals surface area contributed by atoms with Gasteiger partial charge in [-0.1, -0.05) is 48.5 Å². The lowest BCUT2D eigenvalue weighted by molar-refractivity contribution is -0.357. The van der Waals surface area contributed by atoms with E-state index < -0.39 is 120 Å². The van der Waals surface area contributed by atoms with Crippen LogP contribution in [0.4, 0.5) is 0 Å². The molecule has 0 spiro atoms. The lowest BCUT2D eigenvalue weighted by Crippen LogP contribution is -2.71. The molecule has 5 aliphatic rings. The molecule has 5 heterocycles. The molecule has 5 aliphatic heterocycles. The van der Waals surface area contributed by atoms with Crippen molar-refractivity contribution in [3.05, 3.63) is 0 Å². The maximum Gasteiger partial charge on any atom is 0.332 e. The average molecular weight is 941 g/mol. The Kier molecular flexibility index (Phi) is 17.0. The van der Waals surface area contributed by atoms with Gasteiger partial charge in [0.05, 0.1) is 11.7 Å². The van der Waals surface area contributed by atoms with Crippen LogP contribution in [0.3, 0.4) is 0 Å². The van der Waals surface area contributed by atoms with Crippen LogP contribution in [0.25, 0.3) is 0 Å². The molecule has 0 bridgehead atoms. The number of aliphatic hydroxyl groups is 4. The maximum absolute atomic E-state index is 15.3. The van der Waals surface area contributed by atoms with Crippen LogP contribution in [0, 0.1) is 23.7 Å². The van der Waals surface area contributed by atoms with Crippen molar-refractivity contribution in [2.75, 3.05) is 33.2 Å². The minimum Gasteiger partial charge on any atom is -0.458 e. The van der Waals surface area contributed by atoms with E-state index in [2.05, 4.69) is 24.6 Å². The van der Waals surface area contributed by atoms with Crippen LogP contribution in [0.5, 0.6) is 0 Å². The summed E-state index contributed by atoms with van der Waals surface area (Å²) in [5.41, 5.74) is -1.62. The number of hydrogen-bond acceptors (Lipinski definition) is 17. The molecule has 0 aromatic heterocycles. The van der Waals surface area contributed by atoms with Crippen LogP contribution < -0.4 is 10.7 Å². The molecule has 0 aromatic rings. The number of cyclic esters (lactones) is 1. The third-order valence-electron chi connectivity index (χ3n) is 14.2. The molecule has 12 atom stereocenters. The summed E-state index contributed by atoms with van der Waals surface area (Å²) < 4.78 is 12.3. The van der Waals surface area contributed by atoms with Gasteiger partial charge in [0, 0.05) is 33.1 Å².